The molecular weight excluding hydrogens is 256 g/mol. The molecule has 0 bridgehead atoms. The lowest BCUT2D eigenvalue weighted by Crippen LogP contribution is -2.16. The van der Waals surface area contributed by atoms with Gasteiger partial charge in [0, 0.05) is 13.5 Å². The summed E-state index contributed by atoms with van der Waals surface area (Å²) in [6.45, 7) is 6.49. The Morgan fingerprint density at radius 1 is 1.40 bits per heavy atom. The Kier molecular flexibility index (Phi) is 7.85. The van der Waals surface area contributed by atoms with Gasteiger partial charge in [-0.05, 0) is 50.5 Å². The SMILES string of the molecule is CC(=O)OCCC/C=C(\C)[C@@H]1O[C@H](CCCO)C[C@H]1C. The van der Waals surface area contributed by atoms with E-state index in [0.29, 0.717) is 12.5 Å². The molecule has 3 atom stereocenters. The van der Waals surface area contributed by atoms with Crippen molar-refractivity contribution < 1.29 is 19.4 Å². The molecule has 116 valence electrons. The maximum absolute atomic E-state index is 10.6. The van der Waals surface area contributed by atoms with E-state index in [4.69, 9.17) is 14.6 Å². The molecule has 0 aliphatic carbocycles. The molecule has 4 heteroatoms. The molecule has 0 radical (unpaired) electrons. The van der Waals surface area contributed by atoms with Crippen LogP contribution in [0.5, 0.6) is 0 Å². The fourth-order valence-electron chi connectivity index (χ4n) is 2.74. The van der Waals surface area contributed by atoms with E-state index in [-0.39, 0.29) is 24.8 Å². The Morgan fingerprint density at radius 2 is 2.15 bits per heavy atom. The second kappa shape index (κ2) is 9.14. The van der Waals surface area contributed by atoms with Gasteiger partial charge in [-0.25, -0.2) is 0 Å². The quantitative estimate of drug-likeness (QED) is 0.423. The maximum Gasteiger partial charge on any atom is 0.302 e. The lowest BCUT2D eigenvalue weighted by Gasteiger charge is -2.16. The van der Waals surface area contributed by atoms with Gasteiger partial charge in [0.1, 0.15) is 0 Å². The van der Waals surface area contributed by atoms with Crippen molar-refractivity contribution >= 4 is 5.97 Å². The Hall–Kier alpha value is -0.870. The second-order valence-corrected chi connectivity index (χ2v) is 5.69. The van der Waals surface area contributed by atoms with E-state index in [2.05, 4.69) is 19.9 Å². The van der Waals surface area contributed by atoms with Crippen LogP contribution in [0.15, 0.2) is 11.6 Å². The standard InChI is InChI=1S/C16H28O4/c1-12(7-4-5-10-19-14(3)18)16-13(2)11-15(20-16)8-6-9-17/h7,13,15-17H,4-6,8-11H2,1-3H3/b12-7+/t13-,15-,16+/m1/s1. The van der Waals surface area contributed by atoms with Crippen LogP contribution in [0.3, 0.4) is 0 Å². The Bertz CT molecular complexity index is 324. The number of carbonyl (C=O) groups is 1. The minimum atomic E-state index is -0.217. The highest BCUT2D eigenvalue weighted by Crippen LogP contribution is 2.32. The molecule has 0 aromatic rings. The average molecular weight is 284 g/mol. The smallest absolute Gasteiger partial charge is 0.302 e. The van der Waals surface area contributed by atoms with Gasteiger partial charge in [-0.1, -0.05) is 13.0 Å². The number of allylic oxidation sites excluding steroid dienone is 1. The molecule has 0 aromatic heterocycles. The van der Waals surface area contributed by atoms with Crippen molar-refractivity contribution in [2.24, 2.45) is 5.92 Å². The van der Waals surface area contributed by atoms with Crippen molar-refractivity contribution in [2.45, 2.75) is 65.1 Å². The van der Waals surface area contributed by atoms with Gasteiger partial charge >= 0.3 is 5.97 Å². The zero-order valence-electron chi connectivity index (χ0n) is 12.9. The zero-order chi connectivity index (χ0) is 15.0. The number of aliphatic hydroxyl groups is 1. The van der Waals surface area contributed by atoms with Crippen molar-refractivity contribution in [3.63, 3.8) is 0 Å². The number of esters is 1. The highest BCUT2D eigenvalue weighted by molar-refractivity contribution is 5.65. The largest absolute Gasteiger partial charge is 0.466 e. The summed E-state index contributed by atoms with van der Waals surface area (Å²) < 4.78 is 11.0. The van der Waals surface area contributed by atoms with E-state index in [1.165, 1.54) is 12.5 Å². The molecule has 20 heavy (non-hydrogen) atoms. The van der Waals surface area contributed by atoms with E-state index < -0.39 is 0 Å². The molecule has 0 unspecified atom stereocenters. The van der Waals surface area contributed by atoms with E-state index in [0.717, 1.165) is 32.1 Å². The van der Waals surface area contributed by atoms with Crippen LogP contribution in [0.4, 0.5) is 0 Å². The number of hydrogen-bond acceptors (Lipinski definition) is 4. The van der Waals surface area contributed by atoms with Crippen molar-refractivity contribution in [2.75, 3.05) is 13.2 Å². The number of unbranched alkanes of at least 4 members (excludes halogenated alkanes) is 1. The van der Waals surface area contributed by atoms with Gasteiger partial charge in [-0.3, -0.25) is 4.79 Å². The van der Waals surface area contributed by atoms with Gasteiger partial charge in [0.25, 0.3) is 0 Å². The summed E-state index contributed by atoms with van der Waals surface area (Å²) in [4.78, 5) is 10.6. The third-order valence-corrected chi connectivity index (χ3v) is 3.74. The van der Waals surface area contributed by atoms with Crippen LogP contribution >= 0.6 is 0 Å². The van der Waals surface area contributed by atoms with Crippen LogP contribution in [0.2, 0.25) is 0 Å². The lowest BCUT2D eigenvalue weighted by molar-refractivity contribution is -0.141. The summed E-state index contributed by atoms with van der Waals surface area (Å²) >= 11 is 0. The molecule has 1 saturated heterocycles. The van der Waals surface area contributed by atoms with Crippen LogP contribution in [0, 0.1) is 5.92 Å². The minimum Gasteiger partial charge on any atom is -0.466 e. The molecule has 0 amide bonds. The molecule has 1 heterocycles. The summed E-state index contributed by atoms with van der Waals surface area (Å²) in [5, 5.41) is 8.87. The number of ether oxygens (including phenoxy) is 2. The third kappa shape index (κ3) is 6.06. The molecule has 0 saturated carbocycles. The zero-order valence-corrected chi connectivity index (χ0v) is 12.9. The van der Waals surface area contributed by atoms with E-state index in [9.17, 15) is 4.79 Å². The summed E-state index contributed by atoms with van der Waals surface area (Å²) in [6, 6.07) is 0. The molecule has 1 fully saturated rings. The van der Waals surface area contributed by atoms with Crippen LogP contribution < -0.4 is 0 Å². The normalized spacial score (nSPS) is 26.8. The first-order valence-electron chi connectivity index (χ1n) is 7.61. The first-order chi connectivity index (χ1) is 9.54. The highest BCUT2D eigenvalue weighted by atomic mass is 16.5. The second-order valence-electron chi connectivity index (χ2n) is 5.69. The van der Waals surface area contributed by atoms with E-state index in [1.807, 2.05) is 0 Å². The lowest BCUT2D eigenvalue weighted by atomic mass is 9.95. The highest BCUT2D eigenvalue weighted by Gasteiger charge is 2.32. The van der Waals surface area contributed by atoms with Gasteiger partial charge in [0.15, 0.2) is 0 Å². The van der Waals surface area contributed by atoms with Gasteiger partial charge in [0.05, 0.1) is 18.8 Å². The Labute approximate surface area is 122 Å². The van der Waals surface area contributed by atoms with Crippen LogP contribution in [0.25, 0.3) is 0 Å². The fourth-order valence-corrected chi connectivity index (χ4v) is 2.74. The number of hydrogen-bond donors (Lipinski definition) is 1. The molecule has 0 aromatic carbocycles. The third-order valence-electron chi connectivity index (χ3n) is 3.74. The van der Waals surface area contributed by atoms with Crippen molar-refractivity contribution in [3.05, 3.63) is 11.6 Å². The van der Waals surface area contributed by atoms with Gasteiger partial charge in [-0.15, -0.1) is 0 Å². The summed E-state index contributed by atoms with van der Waals surface area (Å²) in [5.74, 6) is 0.314. The molecule has 1 aliphatic rings. The maximum atomic E-state index is 10.6. The van der Waals surface area contributed by atoms with Crippen molar-refractivity contribution in [1.82, 2.24) is 0 Å². The first-order valence-corrected chi connectivity index (χ1v) is 7.61. The summed E-state index contributed by atoms with van der Waals surface area (Å²) in [7, 11) is 0. The van der Waals surface area contributed by atoms with Crippen LogP contribution in [-0.4, -0.2) is 36.5 Å². The average Bonchev–Trinajstić information content (AvgIpc) is 2.76. The van der Waals surface area contributed by atoms with Crippen molar-refractivity contribution in [1.29, 1.82) is 0 Å². The topological polar surface area (TPSA) is 55.8 Å². The van der Waals surface area contributed by atoms with E-state index >= 15 is 0 Å². The molecule has 1 aliphatic heterocycles. The Balaban J connectivity index is 2.31. The molecular formula is C16H28O4. The predicted molar refractivity (Wildman–Crippen MR) is 78.4 cm³/mol. The fraction of sp³-hybridized carbons (Fsp3) is 0.812. The summed E-state index contributed by atoms with van der Waals surface area (Å²) in [5.41, 5.74) is 1.27. The van der Waals surface area contributed by atoms with Gasteiger partial charge in [-0.2, -0.15) is 0 Å². The minimum absolute atomic E-state index is 0.201. The molecule has 1 rings (SSSR count). The number of carbonyl (C=O) groups excluding carboxylic acids is 1. The molecule has 0 spiro atoms. The molecule has 1 N–H and O–H groups in total. The Morgan fingerprint density at radius 3 is 2.80 bits per heavy atom. The predicted octanol–water partition coefficient (Wildman–Crippen LogP) is 2.84. The number of rotatable bonds is 8. The molecule has 4 nitrogen and oxygen atoms in total. The number of aliphatic hydroxyl groups excluding tert-OH is 1. The monoisotopic (exact) mass is 284 g/mol. The van der Waals surface area contributed by atoms with Crippen LogP contribution in [0.1, 0.15) is 52.9 Å². The van der Waals surface area contributed by atoms with Gasteiger partial charge in [0.2, 0.25) is 0 Å². The van der Waals surface area contributed by atoms with Gasteiger partial charge < -0.3 is 14.6 Å². The van der Waals surface area contributed by atoms with E-state index in [1.54, 1.807) is 0 Å². The van der Waals surface area contributed by atoms with Crippen molar-refractivity contribution in [3.8, 4) is 0 Å². The summed E-state index contributed by atoms with van der Waals surface area (Å²) in [6.07, 6.45) is 7.27. The first kappa shape index (κ1) is 17.2. The van der Waals surface area contributed by atoms with Crippen LogP contribution in [-0.2, 0) is 14.3 Å².